The molecule has 2 rings (SSSR count). The van der Waals surface area contributed by atoms with Crippen LogP contribution in [0.25, 0.3) is 0 Å². The number of aliphatic imine (C=N–C) groups is 1. The fourth-order valence-electron chi connectivity index (χ4n) is 2.65. The quantitative estimate of drug-likeness (QED) is 0.316. The van der Waals surface area contributed by atoms with Crippen molar-refractivity contribution >= 4 is 11.6 Å². The maximum atomic E-state index is 12.3. The van der Waals surface area contributed by atoms with Crippen molar-refractivity contribution in [1.82, 2.24) is 0 Å². The minimum atomic E-state index is -0.104. The lowest BCUT2D eigenvalue weighted by Crippen LogP contribution is -2.06. The standard InChI is InChI=1S/C23H27NO/c1-2-3-4-5-6-7-14-19-22(25)24-23(20-15-10-8-11-16-20)21-17-12-9-13-18-21/h7-18H,2-6,19H2,1H3/b14-7+. The van der Waals surface area contributed by atoms with Crippen LogP contribution in [0.5, 0.6) is 0 Å². The molecular formula is C23H27NO. The molecule has 25 heavy (non-hydrogen) atoms. The Balaban J connectivity index is 2.02. The molecule has 0 atom stereocenters. The highest BCUT2D eigenvalue weighted by Crippen LogP contribution is 2.12. The smallest absolute Gasteiger partial charge is 0.250 e. The maximum Gasteiger partial charge on any atom is 0.250 e. The van der Waals surface area contributed by atoms with Crippen LogP contribution in [0.3, 0.4) is 0 Å². The molecule has 0 radical (unpaired) electrons. The second-order valence-electron chi connectivity index (χ2n) is 6.11. The second-order valence-corrected chi connectivity index (χ2v) is 6.11. The van der Waals surface area contributed by atoms with Gasteiger partial charge in [-0.3, -0.25) is 4.79 Å². The number of nitrogens with zero attached hydrogens (tertiary/aromatic N) is 1. The Hall–Kier alpha value is -2.48. The largest absolute Gasteiger partial charge is 0.272 e. The molecule has 2 aromatic rings. The Morgan fingerprint density at radius 3 is 2.00 bits per heavy atom. The van der Waals surface area contributed by atoms with Crippen LogP contribution in [0.15, 0.2) is 77.8 Å². The van der Waals surface area contributed by atoms with Crippen molar-refractivity contribution in [2.45, 2.75) is 45.4 Å². The first-order chi connectivity index (χ1) is 12.3. The third kappa shape index (κ3) is 6.88. The van der Waals surface area contributed by atoms with E-state index in [2.05, 4.69) is 18.0 Å². The van der Waals surface area contributed by atoms with Crippen LogP contribution < -0.4 is 0 Å². The molecule has 2 heteroatoms. The third-order valence-corrected chi connectivity index (χ3v) is 4.01. The average molecular weight is 333 g/mol. The summed E-state index contributed by atoms with van der Waals surface area (Å²) in [6.07, 6.45) is 10.4. The summed E-state index contributed by atoms with van der Waals surface area (Å²) in [5, 5.41) is 0. The summed E-state index contributed by atoms with van der Waals surface area (Å²) in [4.78, 5) is 16.7. The summed E-state index contributed by atoms with van der Waals surface area (Å²) in [7, 11) is 0. The van der Waals surface area contributed by atoms with E-state index in [0.29, 0.717) is 6.42 Å². The van der Waals surface area contributed by atoms with Crippen molar-refractivity contribution in [3.05, 3.63) is 83.9 Å². The molecule has 0 aliphatic heterocycles. The highest BCUT2D eigenvalue weighted by atomic mass is 16.1. The Morgan fingerprint density at radius 1 is 0.840 bits per heavy atom. The van der Waals surface area contributed by atoms with E-state index in [1.807, 2.05) is 66.7 Å². The number of carbonyl (C=O) groups excluding carboxylic acids is 1. The van der Waals surface area contributed by atoms with Gasteiger partial charge >= 0.3 is 0 Å². The minimum absolute atomic E-state index is 0.104. The zero-order valence-electron chi connectivity index (χ0n) is 15.0. The predicted octanol–water partition coefficient (Wildman–Crippen LogP) is 5.97. The van der Waals surface area contributed by atoms with Crippen LogP contribution in [-0.2, 0) is 4.79 Å². The molecule has 2 nitrogen and oxygen atoms in total. The molecular weight excluding hydrogens is 306 g/mol. The molecule has 130 valence electrons. The Morgan fingerprint density at radius 2 is 1.44 bits per heavy atom. The molecule has 0 saturated carbocycles. The zero-order valence-corrected chi connectivity index (χ0v) is 15.0. The van der Waals surface area contributed by atoms with Crippen molar-refractivity contribution in [3.63, 3.8) is 0 Å². The Kier molecular flexibility index (Phi) is 8.40. The highest BCUT2D eigenvalue weighted by molar-refractivity contribution is 6.16. The summed E-state index contributed by atoms with van der Waals surface area (Å²) in [6.45, 7) is 2.21. The molecule has 0 saturated heterocycles. The number of allylic oxidation sites excluding steroid dienone is 1. The maximum absolute atomic E-state index is 12.3. The third-order valence-electron chi connectivity index (χ3n) is 4.01. The summed E-state index contributed by atoms with van der Waals surface area (Å²) < 4.78 is 0. The normalized spacial score (nSPS) is 10.8. The van der Waals surface area contributed by atoms with E-state index in [9.17, 15) is 4.79 Å². The van der Waals surface area contributed by atoms with Gasteiger partial charge in [0, 0.05) is 17.5 Å². The number of hydrogen-bond donors (Lipinski definition) is 0. The number of unbranched alkanes of at least 4 members (excludes halogenated alkanes) is 4. The zero-order chi connectivity index (χ0) is 17.7. The predicted molar refractivity (Wildman–Crippen MR) is 106 cm³/mol. The lowest BCUT2D eigenvalue weighted by Gasteiger charge is -2.06. The Bertz CT molecular complexity index is 645. The van der Waals surface area contributed by atoms with Gasteiger partial charge in [0.25, 0.3) is 0 Å². The molecule has 0 aliphatic carbocycles. The summed E-state index contributed by atoms with van der Waals surface area (Å²) in [6, 6.07) is 19.8. The topological polar surface area (TPSA) is 29.4 Å². The molecule has 2 aromatic carbocycles. The molecule has 0 heterocycles. The average Bonchev–Trinajstić information content (AvgIpc) is 2.67. The summed E-state index contributed by atoms with van der Waals surface area (Å²) in [5.74, 6) is -0.104. The first kappa shape index (κ1) is 18.9. The SMILES string of the molecule is CCCCCC/C=C/CC(=O)N=C(c1ccccc1)c1ccccc1. The van der Waals surface area contributed by atoms with Crippen molar-refractivity contribution in [3.8, 4) is 0 Å². The number of carbonyl (C=O) groups is 1. The van der Waals surface area contributed by atoms with Gasteiger partial charge in [0.2, 0.25) is 5.91 Å². The van der Waals surface area contributed by atoms with E-state index >= 15 is 0 Å². The van der Waals surface area contributed by atoms with Gasteiger partial charge in [0.1, 0.15) is 0 Å². The van der Waals surface area contributed by atoms with Crippen molar-refractivity contribution in [2.24, 2.45) is 4.99 Å². The van der Waals surface area contributed by atoms with Gasteiger partial charge in [-0.1, -0.05) is 99.0 Å². The van der Waals surface area contributed by atoms with Gasteiger partial charge in [0.05, 0.1) is 5.71 Å². The van der Waals surface area contributed by atoms with Crippen LogP contribution in [0.2, 0.25) is 0 Å². The number of hydrogen-bond acceptors (Lipinski definition) is 1. The van der Waals surface area contributed by atoms with Gasteiger partial charge in [-0.25, -0.2) is 4.99 Å². The highest BCUT2D eigenvalue weighted by Gasteiger charge is 2.08. The number of rotatable bonds is 9. The second kappa shape index (κ2) is 11.1. The van der Waals surface area contributed by atoms with E-state index in [4.69, 9.17) is 0 Å². The fraction of sp³-hybridized carbons (Fsp3) is 0.304. The van der Waals surface area contributed by atoms with Gasteiger partial charge in [-0.2, -0.15) is 0 Å². The van der Waals surface area contributed by atoms with Crippen LogP contribution >= 0.6 is 0 Å². The first-order valence-corrected chi connectivity index (χ1v) is 9.18. The minimum Gasteiger partial charge on any atom is -0.272 e. The summed E-state index contributed by atoms with van der Waals surface area (Å²) in [5.41, 5.74) is 2.67. The first-order valence-electron chi connectivity index (χ1n) is 9.18. The van der Waals surface area contributed by atoms with Crippen molar-refractivity contribution in [2.75, 3.05) is 0 Å². The molecule has 0 aromatic heterocycles. The monoisotopic (exact) mass is 333 g/mol. The van der Waals surface area contributed by atoms with Gasteiger partial charge in [-0.15, -0.1) is 0 Å². The van der Waals surface area contributed by atoms with E-state index in [-0.39, 0.29) is 5.91 Å². The van der Waals surface area contributed by atoms with Gasteiger partial charge in [-0.05, 0) is 12.8 Å². The Labute approximate surface area is 151 Å². The van der Waals surface area contributed by atoms with E-state index in [1.165, 1.54) is 25.7 Å². The molecule has 0 bridgehead atoms. The number of benzene rings is 2. The molecule has 0 N–H and O–H groups in total. The summed E-state index contributed by atoms with van der Waals surface area (Å²) >= 11 is 0. The van der Waals surface area contributed by atoms with Crippen LogP contribution in [0, 0.1) is 0 Å². The van der Waals surface area contributed by atoms with E-state index in [1.54, 1.807) is 0 Å². The number of amides is 1. The van der Waals surface area contributed by atoms with E-state index < -0.39 is 0 Å². The fourth-order valence-corrected chi connectivity index (χ4v) is 2.65. The van der Waals surface area contributed by atoms with Crippen LogP contribution in [0.1, 0.15) is 56.6 Å². The molecule has 0 spiro atoms. The molecule has 0 aliphatic rings. The van der Waals surface area contributed by atoms with Gasteiger partial charge in [0.15, 0.2) is 0 Å². The lowest BCUT2D eigenvalue weighted by molar-refractivity contribution is -0.116. The van der Waals surface area contributed by atoms with Crippen molar-refractivity contribution < 1.29 is 4.79 Å². The lowest BCUT2D eigenvalue weighted by atomic mass is 10.0. The van der Waals surface area contributed by atoms with Crippen LogP contribution in [0.4, 0.5) is 0 Å². The molecule has 1 amide bonds. The van der Waals surface area contributed by atoms with Gasteiger partial charge < -0.3 is 0 Å². The van der Waals surface area contributed by atoms with Crippen LogP contribution in [-0.4, -0.2) is 11.6 Å². The molecule has 0 unspecified atom stereocenters. The molecule has 0 fully saturated rings. The van der Waals surface area contributed by atoms with Crippen molar-refractivity contribution in [1.29, 1.82) is 0 Å². The van der Waals surface area contributed by atoms with E-state index in [0.717, 1.165) is 23.3 Å².